The number of aliphatic imine (C=N–C) groups is 1. The van der Waals surface area contributed by atoms with Gasteiger partial charge in [0, 0.05) is 43.9 Å². The van der Waals surface area contributed by atoms with Crippen LogP contribution in [0.2, 0.25) is 0 Å². The van der Waals surface area contributed by atoms with E-state index < -0.39 is 12.2 Å². The lowest BCUT2D eigenvalue weighted by Gasteiger charge is -2.19. The molecule has 2 heterocycles. The van der Waals surface area contributed by atoms with E-state index in [1.165, 1.54) is 0 Å². The third-order valence-corrected chi connectivity index (χ3v) is 5.66. The van der Waals surface area contributed by atoms with Crippen LogP contribution in [0.1, 0.15) is 57.5 Å². The topological polar surface area (TPSA) is 118 Å². The number of amides is 1. The van der Waals surface area contributed by atoms with E-state index in [4.69, 9.17) is 24.3 Å². The predicted molar refractivity (Wildman–Crippen MR) is 132 cm³/mol. The van der Waals surface area contributed by atoms with Gasteiger partial charge in [-0.05, 0) is 45.7 Å². The van der Waals surface area contributed by atoms with Crippen molar-refractivity contribution in [2.75, 3.05) is 32.2 Å². The Hall–Kier alpha value is -3.17. The number of allylic oxidation sites excluding steroid dienone is 1. The highest BCUT2D eigenvalue weighted by Crippen LogP contribution is 2.34. The van der Waals surface area contributed by atoms with E-state index in [-0.39, 0.29) is 6.61 Å². The standard InChI is InChI=1S/C25H34N4O5/c1-5-11-26-17(3)22-23(29-24(28-22)18-9-13-33-14-10-18)19-6-7-20(21(15-19)32-4)27-25(31)34-16(2)8-12-30/h5-7,11,15-16,18,30H,8-10,12-14H2,1-4H3,(H,27,31)(H,28,29)/b11-5-,26-17?/t16-/m0/s1. The normalized spacial score (nSPS) is 16.0. The number of methoxy groups -OCH3 is 1. The number of ether oxygens (including phenoxy) is 3. The summed E-state index contributed by atoms with van der Waals surface area (Å²) in [5, 5.41) is 11.7. The number of aliphatic hydroxyl groups excluding tert-OH is 1. The third kappa shape index (κ3) is 6.45. The number of anilines is 1. The summed E-state index contributed by atoms with van der Waals surface area (Å²) in [5.74, 6) is 1.70. The molecule has 184 valence electrons. The summed E-state index contributed by atoms with van der Waals surface area (Å²) < 4.78 is 16.3. The number of nitrogens with one attached hydrogen (secondary N) is 2. The Morgan fingerprint density at radius 3 is 2.85 bits per heavy atom. The quantitative estimate of drug-likeness (QED) is 0.460. The van der Waals surface area contributed by atoms with E-state index in [9.17, 15) is 4.79 Å². The second-order valence-corrected chi connectivity index (χ2v) is 8.20. The molecule has 0 saturated carbocycles. The molecule has 1 atom stereocenters. The van der Waals surface area contributed by atoms with E-state index in [1.54, 1.807) is 26.3 Å². The Kier molecular flexibility index (Phi) is 9.24. The highest BCUT2D eigenvalue weighted by Gasteiger charge is 2.23. The van der Waals surface area contributed by atoms with Gasteiger partial charge < -0.3 is 24.3 Å². The second kappa shape index (κ2) is 12.3. The maximum absolute atomic E-state index is 12.2. The first-order chi connectivity index (χ1) is 16.5. The minimum atomic E-state index is -0.608. The first-order valence-electron chi connectivity index (χ1n) is 11.6. The van der Waals surface area contributed by atoms with Crippen molar-refractivity contribution in [3.63, 3.8) is 0 Å². The fourth-order valence-corrected chi connectivity index (χ4v) is 3.78. The zero-order chi connectivity index (χ0) is 24.5. The summed E-state index contributed by atoms with van der Waals surface area (Å²) in [5.41, 5.74) is 3.76. The van der Waals surface area contributed by atoms with Gasteiger partial charge in [0.1, 0.15) is 17.7 Å². The summed E-state index contributed by atoms with van der Waals surface area (Å²) >= 11 is 0. The molecule has 1 amide bonds. The Balaban J connectivity index is 1.92. The largest absolute Gasteiger partial charge is 0.495 e. The second-order valence-electron chi connectivity index (χ2n) is 8.20. The molecular formula is C25H34N4O5. The highest BCUT2D eigenvalue weighted by molar-refractivity contribution is 6.02. The SMILES string of the molecule is C/C=C\N=C(C)c1[nH]c(C2CCOCC2)nc1-c1ccc(NC(=O)O[C@@H](C)CCO)c(OC)c1. The van der Waals surface area contributed by atoms with E-state index in [0.29, 0.717) is 23.8 Å². The first-order valence-corrected chi connectivity index (χ1v) is 11.6. The van der Waals surface area contributed by atoms with Gasteiger partial charge >= 0.3 is 6.09 Å². The molecule has 34 heavy (non-hydrogen) atoms. The smallest absolute Gasteiger partial charge is 0.412 e. The molecule has 3 rings (SSSR count). The third-order valence-electron chi connectivity index (χ3n) is 5.66. The zero-order valence-electron chi connectivity index (χ0n) is 20.3. The lowest BCUT2D eigenvalue weighted by atomic mass is 10.00. The van der Waals surface area contributed by atoms with Crippen LogP contribution in [0.25, 0.3) is 11.3 Å². The number of imidazole rings is 1. The van der Waals surface area contributed by atoms with Gasteiger partial charge in [-0.3, -0.25) is 10.3 Å². The van der Waals surface area contributed by atoms with Gasteiger partial charge in [0.25, 0.3) is 0 Å². The first kappa shape index (κ1) is 25.5. The van der Waals surface area contributed by atoms with Crippen molar-refractivity contribution in [1.82, 2.24) is 9.97 Å². The Bertz CT molecular complexity index is 1020. The van der Waals surface area contributed by atoms with Crippen LogP contribution in [0.3, 0.4) is 0 Å². The molecule has 1 aromatic heterocycles. The molecule has 1 aromatic carbocycles. The van der Waals surface area contributed by atoms with Crippen LogP contribution in [0.5, 0.6) is 5.75 Å². The number of carbonyl (C=O) groups is 1. The van der Waals surface area contributed by atoms with Crippen LogP contribution in [0.4, 0.5) is 10.5 Å². The van der Waals surface area contributed by atoms with E-state index in [0.717, 1.165) is 54.5 Å². The maximum atomic E-state index is 12.2. The number of benzene rings is 1. The molecule has 1 saturated heterocycles. The van der Waals surface area contributed by atoms with Crippen LogP contribution in [0.15, 0.2) is 35.5 Å². The fraction of sp³-hybridized carbons (Fsp3) is 0.480. The Labute approximate surface area is 200 Å². The number of hydrogen-bond acceptors (Lipinski definition) is 7. The monoisotopic (exact) mass is 470 g/mol. The van der Waals surface area contributed by atoms with Crippen LogP contribution in [-0.2, 0) is 9.47 Å². The molecule has 1 fully saturated rings. The van der Waals surface area contributed by atoms with Crippen molar-refractivity contribution >= 4 is 17.5 Å². The van der Waals surface area contributed by atoms with Crippen LogP contribution in [-0.4, -0.2) is 59.9 Å². The Morgan fingerprint density at radius 2 is 2.18 bits per heavy atom. The van der Waals surface area contributed by atoms with Gasteiger partial charge in [0.2, 0.25) is 0 Å². The van der Waals surface area contributed by atoms with Crippen molar-refractivity contribution in [3.8, 4) is 17.0 Å². The fourth-order valence-electron chi connectivity index (χ4n) is 3.78. The number of nitrogens with zero attached hydrogens (tertiary/aromatic N) is 2. The minimum Gasteiger partial charge on any atom is -0.495 e. The van der Waals surface area contributed by atoms with Crippen molar-refractivity contribution in [3.05, 3.63) is 42.0 Å². The van der Waals surface area contributed by atoms with Crippen molar-refractivity contribution < 1.29 is 24.1 Å². The van der Waals surface area contributed by atoms with E-state index in [2.05, 4.69) is 15.3 Å². The molecule has 2 aromatic rings. The maximum Gasteiger partial charge on any atom is 0.412 e. The molecule has 0 unspecified atom stereocenters. The summed E-state index contributed by atoms with van der Waals surface area (Å²) in [7, 11) is 1.54. The van der Waals surface area contributed by atoms with Crippen LogP contribution >= 0.6 is 0 Å². The average Bonchev–Trinajstić information content (AvgIpc) is 3.29. The van der Waals surface area contributed by atoms with Gasteiger partial charge in [0.15, 0.2) is 0 Å². The lowest BCUT2D eigenvalue weighted by Crippen LogP contribution is -2.21. The van der Waals surface area contributed by atoms with E-state index in [1.807, 2.05) is 32.1 Å². The summed E-state index contributed by atoms with van der Waals surface area (Å²) in [6, 6.07) is 5.48. The molecule has 0 spiro atoms. The van der Waals surface area contributed by atoms with Gasteiger partial charge in [-0.1, -0.05) is 12.1 Å². The van der Waals surface area contributed by atoms with Gasteiger partial charge in [-0.25, -0.2) is 9.78 Å². The van der Waals surface area contributed by atoms with Gasteiger partial charge in [-0.2, -0.15) is 0 Å². The van der Waals surface area contributed by atoms with Gasteiger partial charge in [0.05, 0.1) is 29.9 Å². The highest BCUT2D eigenvalue weighted by atomic mass is 16.6. The number of hydrogen-bond donors (Lipinski definition) is 3. The number of H-pyrrole nitrogens is 1. The molecule has 0 aliphatic carbocycles. The molecule has 0 bridgehead atoms. The molecular weight excluding hydrogens is 436 g/mol. The number of carbonyl (C=O) groups excluding carboxylic acids is 1. The van der Waals surface area contributed by atoms with E-state index >= 15 is 0 Å². The summed E-state index contributed by atoms with van der Waals surface area (Å²) in [6.07, 6.45) is 4.83. The molecule has 1 aliphatic heterocycles. The summed E-state index contributed by atoms with van der Waals surface area (Å²) in [4.78, 5) is 25.2. The molecule has 9 heteroatoms. The summed E-state index contributed by atoms with van der Waals surface area (Å²) in [6.45, 7) is 6.99. The zero-order valence-corrected chi connectivity index (χ0v) is 20.3. The number of rotatable bonds is 9. The number of aromatic nitrogens is 2. The molecule has 9 nitrogen and oxygen atoms in total. The molecule has 3 N–H and O–H groups in total. The van der Waals surface area contributed by atoms with Crippen LogP contribution in [0, 0.1) is 0 Å². The van der Waals surface area contributed by atoms with Gasteiger partial charge in [-0.15, -0.1) is 0 Å². The Morgan fingerprint density at radius 1 is 1.41 bits per heavy atom. The van der Waals surface area contributed by atoms with Crippen molar-refractivity contribution in [2.45, 2.75) is 52.1 Å². The van der Waals surface area contributed by atoms with Crippen molar-refractivity contribution in [2.24, 2.45) is 4.99 Å². The number of aromatic amines is 1. The van der Waals surface area contributed by atoms with Crippen molar-refractivity contribution in [1.29, 1.82) is 0 Å². The molecule has 1 aliphatic rings. The number of aliphatic hydroxyl groups is 1. The molecule has 0 radical (unpaired) electrons. The average molecular weight is 471 g/mol. The van der Waals surface area contributed by atoms with Crippen LogP contribution < -0.4 is 10.1 Å². The predicted octanol–water partition coefficient (Wildman–Crippen LogP) is 4.64. The lowest BCUT2D eigenvalue weighted by molar-refractivity contribution is 0.0837. The minimum absolute atomic E-state index is 0.0505.